The summed E-state index contributed by atoms with van der Waals surface area (Å²) >= 11 is 0. The second kappa shape index (κ2) is 3.56. The Hall–Kier alpha value is -1.38. The van der Waals surface area contributed by atoms with E-state index in [1.165, 1.54) is 6.92 Å². The molecule has 0 saturated heterocycles. The number of ether oxygens (including phenoxy) is 1. The first-order valence-corrected chi connectivity index (χ1v) is 4.09. The predicted octanol–water partition coefficient (Wildman–Crippen LogP) is 1.91. The van der Waals surface area contributed by atoms with E-state index in [2.05, 4.69) is 4.98 Å². The molecule has 0 fully saturated rings. The standard InChI is InChI=1S/C10H13NO2/c1-6-5-9(8(3)12)7(2)11-10(6)13-4/h5H,1-4H3. The minimum atomic E-state index is 0.0377. The number of carbonyl (C=O) groups excluding carboxylic acids is 1. The lowest BCUT2D eigenvalue weighted by molar-refractivity contribution is 0.101. The van der Waals surface area contributed by atoms with E-state index in [9.17, 15) is 4.79 Å². The highest BCUT2D eigenvalue weighted by molar-refractivity contribution is 5.95. The topological polar surface area (TPSA) is 39.2 Å². The average molecular weight is 179 g/mol. The van der Waals surface area contributed by atoms with Gasteiger partial charge in [0.15, 0.2) is 5.78 Å². The number of nitrogens with zero attached hydrogens (tertiary/aromatic N) is 1. The van der Waals surface area contributed by atoms with Crippen molar-refractivity contribution in [3.8, 4) is 5.88 Å². The summed E-state index contributed by atoms with van der Waals surface area (Å²) in [6, 6.07) is 1.81. The van der Waals surface area contributed by atoms with Crippen molar-refractivity contribution in [2.75, 3.05) is 7.11 Å². The summed E-state index contributed by atoms with van der Waals surface area (Å²) < 4.78 is 5.04. The van der Waals surface area contributed by atoms with Crippen molar-refractivity contribution in [2.24, 2.45) is 0 Å². The van der Waals surface area contributed by atoms with Crippen LogP contribution in [-0.4, -0.2) is 17.9 Å². The molecular weight excluding hydrogens is 166 g/mol. The molecule has 1 heterocycles. The van der Waals surface area contributed by atoms with Gasteiger partial charge < -0.3 is 4.74 Å². The molecule has 70 valence electrons. The lowest BCUT2D eigenvalue weighted by atomic mass is 10.1. The minimum Gasteiger partial charge on any atom is -0.481 e. The third-order valence-electron chi connectivity index (χ3n) is 1.93. The number of hydrogen-bond donors (Lipinski definition) is 0. The molecule has 0 aliphatic rings. The van der Waals surface area contributed by atoms with E-state index in [4.69, 9.17) is 4.74 Å². The summed E-state index contributed by atoms with van der Waals surface area (Å²) in [5.74, 6) is 0.623. The molecular formula is C10H13NO2. The molecule has 1 rings (SSSR count). The molecule has 0 radical (unpaired) electrons. The van der Waals surface area contributed by atoms with Crippen molar-refractivity contribution in [3.63, 3.8) is 0 Å². The van der Waals surface area contributed by atoms with Crippen LogP contribution in [0.15, 0.2) is 6.07 Å². The van der Waals surface area contributed by atoms with Crippen LogP contribution in [0.1, 0.15) is 28.5 Å². The summed E-state index contributed by atoms with van der Waals surface area (Å²) in [6.45, 7) is 5.21. The fourth-order valence-electron chi connectivity index (χ4n) is 1.25. The zero-order valence-electron chi connectivity index (χ0n) is 8.34. The van der Waals surface area contributed by atoms with Gasteiger partial charge in [-0.2, -0.15) is 0 Å². The normalized spacial score (nSPS) is 9.85. The van der Waals surface area contributed by atoms with Crippen LogP contribution in [0.2, 0.25) is 0 Å². The maximum Gasteiger partial charge on any atom is 0.216 e. The van der Waals surface area contributed by atoms with Crippen LogP contribution >= 0.6 is 0 Å². The molecule has 0 unspecified atom stereocenters. The Morgan fingerprint density at radius 2 is 2.08 bits per heavy atom. The molecule has 1 aromatic rings. The van der Waals surface area contributed by atoms with Gasteiger partial charge in [0.1, 0.15) is 0 Å². The van der Waals surface area contributed by atoms with E-state index in [0.717, 1.165) is 11.3 Å². The van der Waals surface area contributed by atoms with E-state index < -0.39 is 0 Å². The maximum atomic E-state index is 11.1. The van der Waals surface area contributed by atoms with Crippen LogP contribution in [0, 0.1) is 13.8 Å². The molecule has 3 nitrogen and oxygen atoms in total. The molecule has 1 aromatic heterocycles. The van der Waals surface area contributed by atoms with E-state index in [1.807, 2.05) is 13.0 Å². The largest absolute Gasteiger partial charge is 0.481 e. The summed E-state index contributed by atoms with van der Waals surface area (Å²) in [5, 5.41) is 0. The van der Waals surface area contributed by atoms with Crippen molar-refractivity contribution in [1.29, 1.82) is 0 Å². The Labute approximate surface area is 77.8 Å². The lowest BCUT2D eigenvalue weighted by Crippen LogP contribution is -2.02. The average Bonchev–Trinajstić information content (AvgIpc) is 2.07. The van der Waals surface area contributed by atoms with Crippen molar-refractivity contribution in [3.05, 3.63) is 22.9 Å². The Morgan fingerprint density at radius 1 is 1.46 bits per heavy atom. The van der Waals surface area contributed by atoms with Gasteiger partial charge in [-0.15, -0.1) is 0 Å². The number of methoxy groups -OCH3 is 1. The Bertz CT molecular complexity index is 345. The zero-order valence-corrected chi connectivity index (χ0v) is 8.34. The summed E-state index contributed by atoms with van der Waals surface area (Å²) in [6.07, 6.45) is 0. The monoisotopic (exact) mass is 179 g/mol. The highest BCUT2D eigenvalue weighted by Crippen LogP contribution is 2.18. The van der Waals surface area contributed by atoms with Gasteiger partial charge in [-0.1, -0.05) is 0 Å². The predicted molar refractivity (Wildman–Crippen MR) is 50.3 cm³/mol. The molecule has 0 amide bonds. The first-order valence-electron chi connectivity index (χ1n) is 4.09. The molecule has 3 heteroatoms. The van der Waals surface area contributed by atoms with Crippen LogP contribution in [-0.2, 0) is 0 Å². The molecule has 0 spiro atoms. The van der Waals surface area contributed by atoms with Crippen LogP contribution in [0.4, 0.5) is 0 Å². The quantitative estimate of drug-likeness (QED) is 0.651. The molecule has 13 heavy (non-hydrogen) atoms. The number of aromatic nitrogens is 1. The number of rotatable bonds is 2. The number of pyridine rings is 1. The van der Waals surface area contributed by atoms with Gasteiger partial charge in [0, 0.05) is 11.1 Å². The second-order valence-electron chi connectivity index (χ2n) is 3.00. The SMILES string of the molecule is COc1nc(C)c(C(C)=O)cc1C. The third-order valence-corrected chi connectivity index (χ3v) is 1.93. The van der Waals surface area contributed by atoms with E-state index in [1.54, 1.807) is 14.0 Å². The number of carbonyl (C=O) groups is 1. The first kappa shape index (κ1) is 9.71. The van der Waals surface area contributed by atoms with E-state index >= 15 is 0 Å². The van der Waals surface area contributed by atoms with E-state index in [0.29, 0.717) is 11.4 Å². The van der Waals surface area contributed by atoms with Gasteiger partial charge in [-0.25, -0.2) is 4.98 Å². The number of Topliss-reactive ketones (excluding diaryl/α,β-unsaturated/α-hetero) is 1. The smallest absolute Gasteiger partial charge is 0.216 e. The Kier molecular flexibility index (Phi) is 2.66. The Balaban J connectivity index is 3.28. The molecule has 0 bridgehead atoms. The molecule has 0 aliphatic heterocycles. The van der Waals surface area contributed by atoms with Gasteiger partial charge >= 0.3 is 0 Å². The number of hydrogen-bond acceptors (Lipinski definition) is 3. The van der Waals surface area contributed by atoms with Gasteiger partial charge in [-0.3, -0.25) is 4.79 Å². The highest BCUT2D eigenvalue weighted by atomic mass is 16.5. The summed E-state index contributed by atoms with van der Waals surface area (Å²) in [5.41, 5.74) is 2.27. The molecule has 0 N–H and O–H groups in total. The summed E-state index contributed by atoms with van der Waals surface area (Å²) in [4.78, 5) is 15.3. The van der Waals surface area contributed by atoms with Crippen LogP contribution in [0.25, 0.3) is 0 Å². The molecule has 0 aromatic carbocycles. The fraction of sp³-hybridized carbons (Fsp3) is 0.400. The molecule has 0 atom stereocenters. The Morgan fingerprint density at radius 3 is 2.54 bits per heavy atom. The minimum absolute atomic E-state index is 0.0377. The van der Waals surface area contributed by atoms with Crippen molar-refractivity contribution in [2.45, 2.75) is 20.8 Å². The van der Waals surface area contributed by atoms with Crippen molar-refractivity contribution < 1.29 is 9.53 Å². The highest BCUT2D eigenvalue weighted by Gasteiger charge is 2.09. The van der Waals surface area contributed by atoms with Gasteiger partial charge in [0.05, 0.1) is 12.8 Å². The van der Waals surface area contributed by atoms with Crippen LogP contribution in [0.3, 0.4) is 0 Å². The third kappa shape index (κ3) is 1.86. The first-order chi connectivity index (χ1) is 6.06. The maximum absolute atomic E-state index is 11.1. The lowest BCUT2D eigenvalue weighted by Gasteiger charge is -2.07. The fourth-order valence-corrected chi connectivity index (χ4v) is 1.25. The number of aryl methyl sites for hydroxylation is 2. The van der Waals surface area contributed by atoms with Gasteiger partial charge in [-0.05, 0) is 26.8 Å². The van der Waals surface area contributed by atoms with Crippen molar-refractivity contribution in [1.82, 2.24) is 4.98 Å². The molecule has 0 aliphatic carbocycles. The van der Waals surface area contributed by atoms with Crippen molar-refractivity contribution >= 4 is 5.78 Å². The van der Waals surface area contributed by atoms with Gasteiger partial charge in [0.25, 0.3) is 0 Å². The van der Waals surface area contributed by atoms with E-state index in [-0.39, 0.29) is 5.78 Å². The summed E-state index contributed by atoms with van der Waals surface area (Å²) in [7, 11) is 1.57. The molecule has 0 saturated carbocycles. The van der Waals surface area contributed by atoms with Crippen LogP contribution in [0.5, 0.6) is 5.88 Å². The van der Waals surface area contributed by atoms with Crippen LogP contribution < -0.4 is 4.74 Å². The number of ketones is 1. The zero-order chi connectivity index (χ0) is 10.0. The van der Waals surface area contributed by atoms with Gasteiger partial charge in [0.2, 0.25) is 5.88 Å². The second-order valence-corrected chi connectivity index (χ2v) is 3.00.